The van der Waals surface area contributed by atoms with Gasteiger partial charge in [-0.3, -0.25) is 19.0 Å². The molecule has 2 amide bonds. The van der Waals surface area contributed by atoms with Gasteiger partial charge < -0.3 is 10.2 Å². The zero-order valence-electron chi connectivity index (χ0n) is 21.1. The number of rotatable bonds is 7. The first-order valence-corrected chi connectivity index (χ1v) is 11.9. The number of nitrogens with zero attached hydrogens (tertiary/aromatic N) is 5. The van der Waals surface area contributed by atoms with E-state index < -0.39 is 5.69 Å². The third-order valence-corrected chi connectivity index (χ3v) is 5.98. The van der Waals surface area contributed by atoms with E-state index in [-0.39, 0.29) is 52.6 Å². The summed E-state index contributed by atoms with van der Waals surface area (Å²) in [6, 6.07) is 13.4. The number of nitrogens with one attached hydrogen (secondary N) is 1. The number of carbonyl (C=O) groups excluding carboxylic acids is 2. The van der Waals surface area contributed by atoms with Gasteiger partial charge in [-0.2, -0.15) is 0 Å². The van der Waals surface area contributed by atoms with Gasteiger partial charge in [-0.15, -0.1) is 5.10 Å². The topological polar surface area (TPSA) is 111 Å². The SMILES string of the molecule is CC(C)CNC(=O)c1ccc2c(=O)n(C(C)C)c3nn(CC(=O)N(C)c4ccccc4)c(=O)n3c2c1. The summed E-state index contributed by atoms with van der Waals surface area (Å²) in [4.78, 5) is 53.9. The van der Waals surface area contributed by atoms with Crippen molar-refractivity contribution in [2.24, 2.45) is 5.92 Å². The van der Waals surface area contributed by atoms with Crippen LogP contribution in [0.15, 0.2) is 58.1 Å². The molecular weight excluding hydrogens is 460 g/mol. The average molecular weight is 491 g/mol. The first kappa shape index (κ1) is 24.9. The van der Waals surface area contributed by atoms with Crippen LogP contribution < -0.4 is 21.5 Å². The molecule has 0 aliphatic rings. The smallest absolute Gasteiger partial charge is 0.352 e. The van der Waals surface area contributed by atoms with E-state index in [4.69, 9.17) is 0 Å². The van der Waals surface area contributed by atoms with E-state index in [0.717, 1.165) is 4.68 Å². The molecule has 4 aromatic rings. The molecule has 0 atom stereocenters. The summed E-state index contributed by atoms with van der Waals surface area (Å²) in [6.07, 6.45) is 0. The Morgan fingerprint density at radius 2 is 1.72 bits per heavy atom. The molecule has 188 valence electrons. The van der Waals surface area contributed by atoms with Gasteiger partial charge in [0, 0.05) is 30.9 Å². The molecule has 1 N–H and O–H groups in total. The third kappa shape index (κ3) is 4.53. The second-order valence-electron chi connectivity index (χ2n) is 9.47. The Bertz CT molecular complexity index is 1560. The molecule has 2 aromatic heterocycles. The van der Waals surface area contributed by atoms with Crippen molar-refractivity contribution in [2.45, 2.75) is 40.3 Å². The van der Waals surface area contributed by atoms with Gasteiger partial charge in [-0.05, 0) is 50.1 Å². The quantitative estimate of drug-likeness (QED) is 0.428. The largest absolute Gasteiger partial charge is 0.352 e. The van der Waals surface area contributed by atoms with Gasteiger partial charge in [0.25, 0.3) is 11.5 Å². The molecule has 0 saturated carbocycles. The minimum atomic E-state index is -0.570. The van der Waals surface area contributed by atoms with Crippen LogP contribution in [0.1, 0.15) is 44.1 Å². The average Bonchev–Trinajstić information content (AvgIpc) is 3.17. The van der Waals surface area contributed by atoms with Crippen molar-refractivity contribution in [3.8, 4) is 0 Å². The molecule has 2 aromatic carbocycles. The number of fused-ring (bicyclic) bond motifs is 3. The van der Waals surface area contributed by atoms with Gasteiger partial charge >= 0.3 is 5.69 Å². The summed E-state index contributed by atoms with van der Waals surface area (Å²) >= 11 is 0. The van der Waals surface area contributed by atoms with Crippen molar-refractivity contribution >= 4 is 34.2 Å². The molecule has 2 heterocycles. The molecule has 4 rings (SSSR count). The van der Waals surface area contributed by atoms with Crippen LogP contribution in [0.25, 0.3) is 16.7 Å². The van der Waals surface area contributed by atoms with E-state index >= 15 is 0 Å². The van der Waals surface area contributed by atoms with E-state index in [1.54, 1.807) is 31.3 Å². The molecule has 0 bridgehead atoms. The second kappa shape index (κ2) is 9.80. The molecule has 0 aliphatic heterocycles. The van der Waals surface area contributed by atoms with E-state index in [0.29, 0.717) is 17.8 Å². The van der Waals surface area contributed by atoms with E-state index in [1.807, 2.05) is 45.9 Å². The van der Waals surface area contributed by atoms with Gasteiger partial charge in [0.1, 0.15) is 6.54 Å². The van der Waals surface area contributed by atoms with Crippen molar-refractivity contribution < 1.29 is 9.59 Å². The number of carbonyl (C=O) groups is 2. The minimum Gasteiger partial charge on any atom is -0.352 e. The summed E-state index contributed by atoms with van der Waals surface area (Å²) < 4.78 is 3.77. The minimum absolute atomic E-state index is 0.113. The highest BCUT2D eigenvalue weighted by atomic mass is 16.2. The highest BCUT2D eigenvalue weighted by Gasteiger charge is 2.22. The molecule has 0 spiro atoms. The fourth-order valence-corrected chi connectivity index (χ4v) is 4.02. The maximum atomic E-state index is 13.5. The first-order chi connectivity index (χ1) is 17.1. The van der Waals surface area contributed by atoms with Gasteiger partial charge in [0.2, 0.25) is 11.7 Å². The summed E-state index contributed by atoms with van der Waals surface area (Å²) in [7, 11) is 1.62. The third-order valence-electron chi connectivity index (χ3n) is 5.98. The lowest BCUT2D eigenvalue weighted by Crippen LogP contribution is -2.34. The van der Waals surface area contributed by atoms with Crippen LogP contribution in [0.5, 0.6) is 0 Å². The molecule has 10 nitrogen and oxygen atoms in total. The Morgan fingerprint density at radius 3 is 2.36 bits per heavy atom. The maximum absolute atomic E-state index is 13.5. The van der Waals surface area contributed by atoms with Crippen molar-refractivity contribution in [3.63, 3.8) is 0 Å². The molecule has 0 saturated heterocycles. The Hall–Kier alpha value is -4.21. The first-order valence-electron chi connectivity index (χ1n) is 11.9. The summed E-state index contributed by atoms with van der Waals surface area (Å²) in [6.45, 7) is 7.80. The van der Waals surface area contributed by atoms with Crippen molar-refractivity contribution in [3.05, 3.63) is 74.9 Å². The molecular formula is C26H30N6O4. The Balaban J connectivity index is 1.85. The number of amides is 2. The number of likely N-dealkylation sites (N-methyl/N-ethyl adjacent to an activating group) is 1. The summed E-state index contributed by atoms with van der Waals surface area (Å²) in [5.41, 5.74) is 0.376. The number of hydrogen-bond acceptors (Lipinski definition) is 5. The van der Waals surface area contributed by atoms with Gasteiger partial charge in [-0.25, -0.2) is 13.9 Å². The van der Waals surface area contributed by atoms with Gasteiger partial charge in [-0.1, -0.05) is 32.0 Å². The Labute approximate surface area is 207 Å². The Kier molecular flexibility index (Phi) is 6.78. The van der Waals surface area contributed by atoms with Crippen LogP contribution in [0.4, 0.5) is 5.69 Å². The summed E-state index contributed by atoms with van der Waals surface area (Å²) in [5.74, 6) is -0.260. The molecule has 0 aliphatic carbocycles. The van der Waals surface area contributed by atoms with Crippen LogP contribution in [0.3, 0.4) is 0 Å². The standard InChI is InChI=1S/C26H30N6O4/c1-16(2)14-27-23(34)18-11-12-20-21(13-18)32-25(31(17(3)4)24(20)35)28-30(26(32)36)15-22(33)29(5)19-9-7-6-8-10-19/h6-13,16-17H,14-15H2,1-5H3,(H,27,34). The normalized spacial score (nSPS) is 11.5. The zero-order valence-corrected chi connectivity index (χ0v) is 21.1. The number of aromatic nitrogens is 4. The number of benzene rings is 2. The van der Waals surface area contributed by atoms with Crippen LogP contribution in [0.2, 0.25) is 0 Å². The molecule has 0 unspecified atom stereocenters. The van der Waals surface area contributed by atoms with Crippen LogP contribution in [-0.2, 0) is 11.3 Å². The predicted octanol–water partition coefficient (Wildman–Crippen LogP) is 2.44. The van der Waals surface area contributed by atoms with E-state index in [9.17, 15) is 19.2 Å². The monoisotopic (exact) mass is 490 g/mol. The number of para-hydroxylation sites is 1. The van der Waals surface area contributed by atoms with Gasteiger partial charge in [0.15, 0.2) is 0 Å². The fourth-order valence-electron chi connectivity index (χ4n) is 4.02. The van der Waals surface area contributed by atoms with Crippen molar-refractivity contribution in [1.29, 1.82) is 0 Å². The van der Waals surface area contributed by atoms with Crippen LogP contribution in [-0.4, -0.2) is 44.2 Å². The second-order valence-corrected chi connectivity index (χ2v) is 9.47. The lowest BCUT2D eigenvalue weighted by molar-refractivity contribution is -0.119. The molecule has 0 fully saturated rings. The van der Waals surface area contributed by atoms with Crippen LogP contribution >= 0.6 is 0 Å². The molecule has 36 heavy (non-hydrogen) atoms. The Morgan fingerprint density at radius 1 is 1.03 bits per heavy atom. The van der Waals surface area contributed by atoms with Gasteiger partial charge in [0.05, 0.1) is 10.9 Å². The maximum Gasteiger partial charge on any atom is 0.352 e. The predicted molar refractivity (Wildman–Crippen MR) is 139 cm³/mol. The summed E-state index contributed by atoms with van der Waals surface area (Å²) in [5, 5.41) is 7.51. The van der Waals surface area contributed by atoms with Crippen molar-refractivity contribution in [2.75, 3.05) is 18.5 Å². The van der Waals surface area contributed by atoms with E-state index in [2.05, 4.69) is 10.4 Å². The lowest BCUT2D eigenvalue weighted by Gasteiger charge is -2.16. The van der Waals surface area contributed by atoms with E-state index in [1.165, 1.54) is 19.9 Å². The highest BCUT2D eigenvalue weighted by molar-refractivity contribution is 5.98. The van der Waals surface area contributed by atoms with Crippen molar-refractivity contribution in [1.82, 2.24) is 24.1 Å². The highest BCUT2D eigenvalue weighted by Crippen LogP contribution is 2.17. The molecule has 10 heteroatoms. The lowest BCUT2D eigenvalue weighted by atomic mass is 10.1. The number of hydrogen-bond donors (Lipinski definition) is 1. The zero-order chi connectivity index (χ0) is 26.1. The number of anilines is 1. The fraction of sp³-hybridized carbons (Fsp3) is 0.346. The van der Waals surface area contributed by atoms with Crippen LogP contribution in [0, 0.1) is 5.92 Å². The molecule has 0 radical (unpaired) electrons.